The highest BCUT2D eigenvalue weighted by Gasteiger charge is 2.31. The van der Waals surface area contributed by atoms with Gasteiger partial charge < -0.3 is 4.90 Å². The summed E-state index contributed by atoms with van der Waals surface area (Å²) in [7, 11) is 0. The number of nitrogens with zero attached hydrogens (tertiary/aromatic N) is 2. The van der Waals surface area contributed by atoms with Gasteiger partial charge >= 0.3 is 0 Å². The molecule has 1 aromatic carbocycles. The molecule has 0 N–H and O–H groups in total. The zero-order valence-electron chi connectivity index (χ0n) is 11.1. The van der Waals surface area contributed by atoms with Crippen LogP contribution in [0.4, 0.5) is 10.1 Å². The normalized spacial score (nSPS) is 26.6. The van der Waals surface area contributed by atoms with E-state index in [-0.39, 0.29) is 5.82 Å². The van der Waals surface area contributed by atoms with E-state index in [1.54, 1.807) is 6.07 Å². The second kappa shape index (κ2) is 5.21. The van der Waals surface area contributed by atoms with Crippen LogP contribution in [0.2, 0.25) is 0 Å². The maximum atomic E-state index is 13.2. The molecule has 2 fully saturated rings. The molecule has 1 saturated carbocycles. The van der Waals surface area contributed by atoms with Crippen LogP contribution in [-0.2, 0) is 0 Å². The zero-order valence-corrected chi connectivity index (χ0v) is 11.1. The summed E-state index contributed by atoms with van der Waals surface area (Å²) >= 11 is 0. The third-order valence-corrected chi connectivity index (χ3v) is 4.71. The summed E-state index contributed by atoms with van der Waals surface area (Å²) in [6.45, 7) is 2.03. The van der Waals surface area contributed by atoms with Crippen LogP contribution in [-0.4, -0.2) is 13.1 Å². The van der Waals surface area contributed by atoms with Crippen LogP contribution in [0, 0.1) is 29.0 Å². The predicted molar refractivity (Wildman–Crippen MR) is 73.4 cm³/mol. The lowest BCUT2D eigenvalue weighted by Gasteiger charge is -2.42. The molecule has 0 bridgehead atoms. The van der Waals surface area contributed by atoms with E-state index in [4.69, 9.17) is 5.26 Å². The average Bonchev–Trinajstić information content (AvgIpc) is 2.46. The van der Waals surface area contributed by atoms with Crippen LogP contribution < -0.4 is 4.90 Å². The molecule has 1 saturated heterocycles. The molecule has 1 aliphatic heterocycles. The summed E-state index contributed by atoms with van der Waals surface area (Å²) in [5, 5.41) is 9.16. The van der Waals surface area contributed by atoms with Crippen molar-refractivity contribution in [3.05, 3.63) is 29.6 Å². The molecule has 2 nitrogen and oxygen atoms in total. The highest BCUT2D eigenvalue weighted by molar-refractivity contribution is 5.59. The van der Waals surface area contributed by atoms with E-state index < -0.39 is 0 Å². The van der Waals surface area contributed by atoms with Gasteiger partial charge in [0.25, 0.3) is 0 Å². The molecule has 2 unspecified atom stereocenters. The Kier molecular flexibility index (Phi) is 3.42. The van der Waals surface area contributed by atoms with Gasteiger partial charge in [0.1, 0.15) is 11.9 Å². The second-order valence-corrected chi connectivity index (χ2v) is 5.81. The Morgan fingerprint density at radius 3 is 2.74 bits per heavy atom. The first kappa shape index (κ1) is 12.5. The molecule has 3 heteroatoms. The molecule has 1 heterocycles. The average molecular weight is 258 g/mol. The molecule has 2 aliphatic rings. The van der Waals surface area contributed by atoms with Gasteiger partial charge in [-0.15, -0.1) is 0 Å². The van der Waals surface area contributed by atoms with E-state index in [1.807, 2.05) is 0 Å². The fraction of sp³-hybridized carbons (Fsp3) is 0.562. The lowest BCUT2D eigenvalue weighted by atomic mass is 9.75. The topological polar surface area (TPSA) is 27.0 Å². The van der Waals surface area contributed by atoms with Gasteiger partial charge in [-0.2, -0.15) is 5.26 Å². The van der Waals surface area contributed by atoms with Crippen molar-refractivity contribution in [2.24, 2.45) is 11.8 Å². The lowest BCUT2D eigenvalue weighted by molar-refractivity contribution is 0.202. The Balaban J connectivity index is 1.81. The molecular weight excluding hydrogens is 239 g/mol. The molecule has 1 aromatic rings. The van der Waals surface area contributed by atoms with E-state index in [0.29, 0.717) is 5.56 Å². The number of hydrogen-bond acceptors (Lipinski definition) is 2. The van der Waals surface area contributed by atoms with Gasteiger partial charge in [-0.3, -0.25) is 0 Å². The third-order valence-electron chi connectivity index (χ3n) is 4.71. The fourth-order valence-electron chi connectivity index (χ4n) is 3.69. The van der Waals surface area contributed by atoms with Crippen molar-refractivity contribution in [3.8, 4) is 6.07 Å². The van der Waals surface area contributed by atoms with Crippen LogP contribution in [0.1, 0.15) is 37.7 Å². The molecule has 0 spiro atoms. The lowest BCUT2D eigenvalue weighted by Crippen LogP contribution is -2.42. The summed E-state index contributed by atoms with van der Waals surface area (Å²) in [4.78, 5) is 2.28. The Hall–Kier alpha value is -1.56. The molecular formula is C16H19FN2. The minimum Gasteiger partial charge on any atom is -0.370 e. The first-order valence-electron chi connectivity index (χ1n) is 7.22. The summed E-state index contributed by atoms with van der Waals surface area (Å²) in [5.74, 6) is 1.31. The largest absolute Gasteiger partial charge is 0.370 e. The van der Waals surface area contributed by atoms with Crippen molar-refractivity contribution >= 4 is 5.69 Å². The monoisotopic (exact) mass is 258 g/mol. The van der Waals surface area contributed by atoms with Crippen LogP contribution in [0.3, 0.4) is 0 Å². The highest BCUT2D eigenvalue weighted by Crippen LogP contribution is 2.38. The molecule has 0 radical (unpaired) electrons. The quantitative estimate of drug-likeness (QED) is 0.767. The maximum Gasteiger partial charge on any atom is 0.124 e. The van der Waals surface area contributed by atoms with Crippen molar-refractivity contribution in [1.82, 2.24) is 0 Å². The summed E-state index contributed by atoms with van der Waals surface area (Å²) in [5.41, 5.74) is 1.38. The van der Waals surface area contributed by atoms with Gasteiger partial charge in [0, 0.05) is 13.1 Å². The maximum absolute atomic E-state index is 13.2. The number of halogens is 1. The second-order valence-electron chi connectivity index (χ2n) is 5.81. The third kappa shape index (κ3) is 2.45. The highest BCUT2D eigenvalue weighted by atomic mass is 19.1. The molecule has 0 amide bonds. The molecule has 100 valence electrons. The summed E-state index contributed by atoms with van der Waals surface area (Å²) in [6.07, 6.45) is 6.61. The predicted octanol–water partition coefficient (Wildman–Crippen LogP) is 3.71. The first-order valence-corrected chi connectivity index (χ1v) is 7.22. The van der Waals surface area contributed by atoms with Gasteiger partial charge in [-0.1, -0.05) is 19.3 Å². The van der Waals surface area contributed by atoms with Crippen LogP contribution in [0.15, 0.2) is 18.2 Å². The molecule has 19 heavy (non-hydrogen) atoms. The van der Waals surface area contributed by atoms with Gasteiger partial charge in [0.05, 0.1) is 11.3 Å². The van der Waals surface area contributed by atoms with E-state index in [0.717, 1.165) is 30.6 Å². The minimum absolute atomic E-state index is 0.326. The van der Waals surface area contributed by atoms with E-state index in [9.17, 15) is 4.39 Å². The fourth-order valence-corrected chi connectivity index (χ4v) is 3.69. The Morgan fingerprint density at radius 2 is 1.95 bits per heavy atom. The van der Waals surface area contributed by atoms with Crippen LogP contribution in [0.25, 0.3) is 0 Å². The number of anilines is 1. The van der Waals surface area contributed by atoms with E-state index in [1.165, 1.54) is 44.2 Å². The van der Waals surface area contributed by atoms with Crippen molar-refractivity contribution in [1.29, 1.82) is 5.26 Å². The standard InChI is InChI=1S/C16H19FN2/c17-15-5-6-16(14(9-15)10-18)19-8-7-12-3-1-2-4-13(12)11-19/h5-6,9,12-13H,1-4,7-8,11H2. The van der Waals surface area contributed by atoms with Crippen molar-refractivity contribution < 1.29 is 4.39 Å². The Labute approximate surface area is 113 Å². The van der Waals surface area contributed by atoms with Crippen molar-refractivity contribution in [2.75, 3.05) is 18.0 Å². The zero-order chi connectivity index (χ0) is 13.2. The molecule has 0 aromatic heterocycles. The van der Waals surface area contributed by atoms with Crippen LogP contribution in [0.5, 0.6) is 0 Å². The number of piperidine rings is 1. The van der Waals surface area contributed by atoms with Gasteiger partial charge in [0.2, 0.25) is 0 Å². The minimum atomic E-state index is -0.326. The Morgan fingerprint density at radius 1 is 1.16 bits per heavy atom. The smallest absolute Gasteiger partial charge is 0.124 e. The first-order chi connectivity index (χ1) is 9.28. The number of nitriles is 1. The number of benzene rings is 1. The SMILES string of the molecule is N#Cc1cc(F)ccc1N1CCC2CCCCC2C1. The number of hydrogen-bond donors (Lipinski definition) is 0. The van der Waals surface area contributed by atoms with E-state index >= 15 is 0 Å². The van der Waals surface area contributed by atoms with Crippen LogP contribution >= 0.6 is 0 Å². The molecule has 1 aliphatic carbocycles. The van der Waals surface area contributed by atoms with Crippen molar-refractivity contribution in [3.63, 3.8) is 0 Å². The molecule has 2 atom stereocenters. The van der Waals surface area contributed by atoms with Gasteiger partial charge in [0.15, 0.2) is 0 Å². The number of fused-ring (bicyclic) bond motifs is 1. The summed E-state index contributed by atoms with van der Waals surface area (Å²) in [6, 6.07) is 6.70. The van der Waals surface area contributed by atoms with Crippen molar-refractivity contribution in [2.45, 2.75) is 32.1 Å². The molecule has 3 rings (SSSR count). The van der Waals surface area contributed by atoms with E-state index in [2.05, 4.69) is 11.0 Å². The van der Waals surface area contributed by atoms with Gasteiger partial charge in [-0.05, 0) is 42.9 Å². The summed E-state index contributed by atoms with van der Waals surface area (Å²) < 4.78 is 13.2. The Bertz CT molecular complexity index is 506. The number of rotatable bonds is 1. The van der Waals surface area contributed by atoms with Gasteiger partial charge in [-0.25, -0.2) is 4.39 Å².